The van der Waals surface area contributed by atoms with E-state index in [0.29, 0.717) is 18.9 Å². The number of aryl methyl sites for hydroxylation is 1. The number of ether oxygens (including phenoxy) is 1. The monoisotopic (exact) mass is 451 g/mol. The summed E-state index contributed by atoms with van der Waals surface area (Å²) in [6.07, 6.45) is 0.595. The molecule has 2 heterocycles. The number of rotatable bonds is 8. The molecule has 0 bridgehead atoms. The van der Waals surface area contributed by atoms with E-state index in [0.717, 1.165) is 22.3 Å². The molecule has 1 aliphatic heterocycles. The Morgan fingerprint density at radius 2 is 1.97 bits per heavy atom. The summed E-state index contributed by atoms with van der Waals surface area (Å²) in [6, 6.07) is 15.3. The number of nitrogens with one attached hydrogen (secondary N) is 2. The minimum Gasteiger partial charge on any atom is -0.494 e. The Hall–Kier alpha value is -3.33. The van der Waals surface area contributed by atoms with E-state index in [1.807, 2.05) is 41.8 Å². The summed E-state index contributed by atoms with van der Waals surface area (Å²) in [7, 11) is 0. The van der Waals surface area contributed by atoms with Crippen LogP contribution in [0.3, 0.4) is 0 Å². The molecule has 1 fully saturated rings. The van der Waals surface area contributed by atoms with Crippen molar-refractivity contribution in [2.24, 2.45) is 0 Å². The zero-order chi connectivity index (χ0) is 22.5. The molecule has 0 spiro atoms. The van der Waals surface area contributed by atoms with E-state index >= 15 is 0 Å². The lowest BCUT2D eigenvalue weighted by atomic mass is 10.1. The molecule has 3 amide bonds. The van der Waals surface area contributed by atoms with Gasteiger partial charge in [-0.05, 0) is 43.7 Å². The first-order chi connectivity index (χ1) is 15.5. The van der Waals surface area contributed by atoms with Gasteiger partial charge in [0.25, 0.3) is 0 Å². The van der Waals surface area contributed by atoms with Crippen molar-refractivity contribution < 1.29 is 14.3 Å². The number of thioether (sulfide) groups is 1. The molecular weight excluding hydrogens is 426 g/mol. The normalized spacial score (nSPS) is 15.9. The molecule has 3 aromatic rings. The van der Waals surface area contributed by atoms with Gasteiger partial charge in [0, 0.05) is 30.3 Å². The second-order valence-corrected chi connectivity index (χ2v) is 8.51. The van der Waals surface area contributed by atoms with Gasteiger partial charge in [0.2, 0.25) is 5.91 Å². The average Bonchev–Trinajstić information content (AvgIpc) is 3.15. The number of carbonyl (C=O) groups excluding carboxylic acids is 2. The number of nitrogens with zero attached hydrogens (tertiary/aromatic N) is 3. The van der Waals surface area contributed by atoms with Gasteiger partial charge in [0.1, 0.15) is 11.6 Å². The van der Waals surface area contributed by atoms with Crippen LogP contribution in [0.5, 0.6) is 5.75 Å². The van der Waals surface area contributed by atoms with Crippen LogP contribution in [-0.2, 0) is 17.0 Å². The number of hydrogen-bond acceptors (Lipinski definition) is 6. The number of urea groups is 1. The van der Waals surface area contributed by atoms with Crippen molar-refractivity contribution in [1.82, 2.24) is 25.4 Å². The van der Waals surface area contributed by atoms with Crippen LogP contribution in [0.2, 0.25) is 0 Å². The number of amides is 3. The standard InChI is InChI=1S/C23H25N5O3S/c1-3-31-19-9-7-18(8-10-19)28-20(12-17-13-21(29)25-22(30)24-17)26-27-23(28)32-14-16-6-4-5-15(2)11-16/h4-11,17H,3,12-14H2,1-2H3,(H2,24,25,29,30). The zero-order valence-corrected chi connectivity index (χ0v) is 18.8. The molecule has 1 unspecified atom stereocenters. The van der Waals surface area contributed by atoms with E-state index < -0.39 is 6.03 Å². The van der Waals surface area contributed by atoms with Gasteiger partial charge >= 0.3 is 6.03 Å². The van der Waals surface area contributed by atoms with Gasteiger partial charge < -0.3 is 10.1 Å². The van der Waals surface area contributed by atoms with Crippen LogP contribution in [0, 0.1) is 6.92 Å². The van der Waals surface area contributed by atoms with E-state index in [4.69, 9.17) is 4.74 Å². The fraction of sp³-hybridized carbons (Fsp3) is 0.304. The molecule has 0 radical (unpaired) electrons. The third-order valence-corrected chi connectivity index (χ3v) is 6.01. The van der Waals surface area contributed by atoms with Crippen LogP contribution >= 0.6 is 11.8 Å². The number of hydrogen-bond donors (Lipinski definition) is 2. The minimum absolute atomic E-state index is 0.202. The molecule has 1 aliphatic rings. The van der Waals surface area contributed by atoms with Crippen LogP contribution in [0.15, 0.2) is 53.7 Å². The van der Waals surface area contributed by atoms with E-state index in [1.165, 1.54) is 11.1 Å². The highest BCUT2D eigenvalue weighted by atomic mass is 32.2. The van der Waals surface area contributed by atoms with Gasteiger partial charge in [0.15, 0.2) is 5.16 Å². The maximum Gasteiger partial charge on any atom is 0.321 e. The van der Waals surface area contributed by atoms with Crippen molar-refractivity contribution in [3.05, 3.63) is 65.5 Å². The fourth-order valence-electron chi connectivity index (χ4n) is 3.61. The van der Waals surface area contributed by atoms with Gasteiger partial charge in [-0.25, -0.2) is 4.79 Å². The highest BCUT2D eigenvalue weighted by Crippen LogP contribution is 2.27. The molecule has 4 rings (SSSR count). The lowest BCUT2D eigenvalue weighted by molar-refractivity contribution is -0.121. The second-order valence-electron chi connectivity index (χ2n) is 7.57. The number of imide groups is 1. The van der Waals surface area contributed by atoms with E-state index in [2.05, 4.69) is 46.0 Å². The molecule has 1 aromatic heterocycles. The largest absolute Gasteiger partial charge is 0.494 e. The predicted molar refractivity (Wildman–Crippen MR) is 122 cm³/mol. The quantitative estimate of drug-likeness (QED) is 0.510. The summed E-state index contributed by atoms with van der Waals surface area (Å²) in [5, 5.41) is 14.6. The summed E-state index contributed by atoms with van der Waals surface area (Å²) < 4.78 is 7.54. The molecule has 2 N–H and O–H groups in total. The summed E-state index contributed by atoms with van der Waals surface area (Å²) in [5.41, 5.74) is 3.31. The summed E-state index contributed by atoms with van der Waals surface area (Å²) >= 11 is 1.59. The zero-order valence-electron chi connectivity index (χ0n) is 18.0. The Balaban J connectivity index is 1.61. The first kappa shape index (κ1) is 21.9. The molecule has 0 aliphatic carbocycles. The first-order valence-corrected chi connectivity index (χ1v) is 11.5. The minimum atomic E-state index is -0.479. The molecule has 2 aromatic carbocycles. The summed E-state index contributed by atoms with van der Waals surface area (Å²) in [6.45, 7) is 4.61. The molecule has 1 saturated heterocycles. The predicted octanol–water partition coefficient (Wildman–Crippen LogP) is 3.41. The highest BCUT2D eigenvalue weighted by molar-refractivity contribution is 7.98. The molecule has 0 saturated carbocycles. The van der Waals surface area contributed by atoms with E-state index in [9.17, 15) is 9.59 Å². The highest BCUT2D eigenvalue weighted by Gasteiger charge is 2.26. The van der Waals surface area contributed by atoms with Crippen LogP contribution in [0.25, 0.3) is 5.69 Å². The van der Waals surface area contributed by atoms with E-state index in [-0.39, 0.29) is 18.4 Å². The van der Waals surface area contributed by atoms with Crippen molar-refractivity contribution in [2.75, 3.05) is 6.61 Å². The van der Waals surface area contributed by atoms with E-state index in [1.54, 1.807) is 11.8 Å². The Morgan fingerprint density at radius 3 is 2.69 bits per heavy atom. The molecule has 8 nitrogen and oxygen atoms in total. The maximum atomic E-state index is 11.8. The fourth-order valence-corrected chi connectivity index (χ4v) is 4.52. The second kappa shape index (κ2) is 9.86. The van der Waals surface area contributed by atoms with Gasteiger partial charge in [0.05, 0.1) is 6.61 Å². The van der Waals surface area contributed by atoms with Gasteiger partial charge in [-0.2, -0.15) is 0 Å². The molecule has 1 atom stereocenters. The Labute approximate surface area is 190 Å². The molecule has 9 heteroatoms. The first-order valence-electron chi connectivity index (χ1n) is 10.5. The molecular formula is C23H25N5O3S. The smallest absolute Gasteiger partial charge is 0.321 e. The number of carbonyl (C=O) groups is 2. The van der Waals surface area contributed by atoms with Crippen LogP contribution in [-0.4, -0.2) is 39.4 Å². The number of aromatic nitrogens is 3. The Bertz CT molecular complexity index is 1100. The Kier molecular flexibility index (Phi) is 6.75. The van der Waals surface area contributed by atoms with Gasteiger partial charge in [-0.3, -0.25) is 14.7 Å². The van der Waals surface area contributed by atoms with Crippen molar-refractivity contribution in [3.8, 4) is 11.4 Å². The van der Waals surface area contributed by atoms with Crippen LogP contribution in [0.4, 0.5) is 4.79 Å². The lowest BCUT2D eigenvalue weighted by Crippen LogP contribution is -2.53. The van der Waals surface area contributed by atoms with Gasteiger partial charge in [-0.15, -0.1) is 10.2 Å². The van der Waals surface area contributed by atoms with Crippen molar-refractivity contribution >= 4 is 23.7 Å². The maximum absolute atomic E-state index is 11.8. The number of benzene rings is 2. The van der Waals surface area contributed by atoms with Crippen molar-refractivity contribution in [2.45, 2.75) is 43.6 Å². The average molecular weight is 452 g/mol. The van der Waals surface area contributed by atoms with Gasteiger partial charge in [-0.1, -0.05) is 41.6 Å². The SMILES string of the molecule is CCOc1ccc(-n2c(CC3CC(=O)NC(=O)N3)nnc2SCc2cccc(C)c2)cc1. The Morgan fingerprint density at radius 1 is 1.16 bits per heavy atom. The van der Waals surface area contributed by atoms with Crippen molar-refractivity contribution in [3.63, 3.8) is 0 Å². The lowest BCUT2D eigenvalue weighted by Gasteiger charge is -2.23. The molecule has 32 heavy (non-hydrogen) atoms. The van der Waals surface area contributed by atoms with Crippen LogP contribution in [0.1, 0.15) is 30.3 Å². The third kappa shape index (κ3) is 5.28. The molecule has 166 valence electrons. The topological polar surface area (TPSA) is 98.1 Å². The summed E-state index contributed by atoms with van der Waals surface area (Å²) in [4.78, 5) is 23.5. The third-order valence-electron chi connectivity index (χ3n) is 5.01. The summed E-state index contributed by atoms with van der Waals surface area (Å²) in [5.74, 6) is 1.93. The van der Waals surface area contributed by atoms with Crippen molar-refractivity contribution in [1.29, 1.82) is 0 Å². The van der Waals surface area contributed by atoms with Crippen LogP contribution < -0.4 is 15.4 Å².